The molecule has 1 nitrogen and oxygen atoms in total. The Bertz CT molecular complexity index is 425. The summed E-state index contributed by atoms with van der Waals surface area (Å²) in [6.45, 7) is 3.07. The first-order chi connectivity index (χ1) is 8.88. The Hall–Kier alpha value is -0.550. The minimum atomic E-state index is -4.04. The number of alkyl halides is 3. The molecule has 5 heteroatoms. The lowest BCUT2D eigenvalue weighted by atomic mass is 9.94. The first-order valence-corrected chi connectivity index (χ1v) is 7.23. The van der Waals surface area contributed by atoms with Crippen LogP contribution in [-0.2, 0) is 0 Å². The van der Waals surface area contributed by atoms with Gasteiger partial charge in [0.1, 0.15) is 0 Å². The van der Waals surface area contributed by atoms with E-state index in [1.807, 2.05) is 24.3 Å². The highest BCUT2D eigenvalue weighted by Crippen LogP contribution is 2.36. The Balaban J connectivity index is 1.98. The quantitative estimate of drug-likeness (QED) is 0.751. The van der Waals surface area contributed by atoms with Crippen LogP contribution in [-0.4, -0.2) is 24.2 Å². The number of piperidine rings is 1. The standard InChI is InChI=1S/C14H17BrF3N/c1-10(11-3-2-4-13(15)9-11)19-7-5-12(6-8-19)14(16,17)18/h2-4,9-10,12H,5-8H2,1H3. The third-order valence-electron chi connectivity index (χ3n) is 3.87. The van der Waals surface area contributed by atoms with E-state index in [9.17, 15) is 13.2 Å². The molecule has 0 aliphatic carbocycles. The van der Waals surface area contributed by atoms with E-state index in [0.717, 1.165) is 10.0 Å². The fourth-order valence-electron chi connectivity index (χ4n) is 2.59. The SMILES string of the molecule is CC(c1cccc(Br)c1)N1CCC(C(F)(F)F)CC1. The van der Waals surface area contributed by atoms with Gasteiger partial charge in [0, 0.05) is 10.5 Å². The van der Waals surface area contributed by atoms with Crippen LogP contribution in [0.3, 0.4) is 0 Å². The molecule has 19 heavy (non-hydrogen) atoms. The number of hydrogen-bond acceptors (Lipinski definition) is 1. The summed E-state index contributed by atoms with van der Waals surface area (Å²) in [5.41, 5.74) is 1.14. The van der Waals surface area contributed by atoms with Crippen LogP contribution in [0, 0.1) is 5.92 Å². The van der Waals surface area contributed by atoms with Gasteiger partial charge in [-0.15, -0.1) is 0 Å². The summed E-state index contributed by atoms with van der Waals surface area (Å²) in [7, 11) is 0. The zero-order chi connectivity index (χ0) is 14.0. The normalized spacial score (nSPS) is 20.5. The van der Waals surface area contributed by atoms with Crippen molar-refractivity contribution in [1.29, 1.82) is 0 Å². The Labute approximate surface area is 119 Å². The largest absolute Gasteiger partial charge is 0.391 e. The maximum absolute atomic E-state index is 12.6. The first kappa shape index (κ1) is 14.9. The minimum Gasteiger partial charge on any atom is -0.297 e. The van der Waals surface area contributed by atoms with Gasteiger partial charge in [0.15, 0.2) is 0 Å². The van der Waals surface area contributed by atoms with Gasteiger partial charge in [-0.25, -0.2) is 0 Å². The second-order valence-corrected chi connectivity index (χ2v) is 6.00. The smallest absolute Gasteiger partial charge is 0.297 e. The Morgan fingerprint density at radius 3 is 2.42 bits per heavy atom. The predicted octanol–water partition coefficient (Wildman–Crippen LogP) is 4.78. The molecule has 0 amide bonds. The van der Waals surface area contributed by atoms with Crippen molar-refractivity contribution in [3.05, 3.63) is 34.3 Å². The van der Waals surface area contributed by atoms with Crippen LogP contribution in [0.1, 0.15) is 31.4 Å². The minimum absolute atomic E-state index is 0.159. The summed E-state index contributed by atoms with van der Waals surface area (Å²) in [5.74, 6) is -1.13. The monoisotopic (exact) mass is 335 g/mol. The maximum atomic E-state index is 12.6. The molecule has 0 spiro atoms. The molecule has 1 aromatic rings. The van der Waals surface area contributed by atoms with Crippen molar-refractivity contribution in [2.24, 2.45) is 5.92 Å². The average molecular weight is 336 g/mol. The van der Waals surface area contributed by atoms with E-state index in [4.69, 9.17) is 0 Å². The molecule has 1 aromatic carbocycles. The van der Waals surface area contributed by atoms with Gasteiger partial charge in [0.2, 0.25) is 0 Å². The Morgan fingerprint density at radius 2 is 1.89 bits per heavy atom. The molecule has 1 atom stereocenters. The number of likely N-dealkylation sites (tertiary alicyclic amines) is 1. The van der Waals surface area contributed by atoms with Crippen LogP contribution in [0.25, 0.3) is 0 Å². The highest BCUT2D eigenvalue weighted by atomic mass is 79.9. The summed E-state index contributed by atoms with van der Waals surface area (Å²) < 4.78 is 38.9. The van der Waals surface area contributed by atoms with Gasteiger partial charge >= 0.3 is 6.18 Å². The predicted molar refractivity (Wildman–Crippen MR) is 72.9 cm³/mol. The van der Waals surface area contributed by atoms with E-state index < -0.39 is 12.1 Å². The van der Waals surface area contributed by atoms with Crippen molar-refractivity contribution in [1.82, 2.24) is 4.90 Å². The molecule has 0 aromatic heterocycles. The van der Waals surface area contributed by atoms with Gasteiger partial charge in [0.25, 0.3) is 0 Å². The van der Waals surface area contributed by atoms with Gasteiger partial charge in [-0.3, -0.25) is 4.90 Å². The summed E-state index contributed by atoms with van der Waals surface area (Å²) in [6.07, 6.45) is -3.62. The second kappa shape index (κ2) is 5.83. The van der Waals surface area contributed by atoms with E-state index in [1.54, 1.807) is 0 Å². The lowest BCUT2D eigenvalue weighted by Gasteiger charge is -2.36. The van der Waals surface area contributed by atoms with Gasteiger partial charge in [0.05, 0.1) is 5.92 Å². The number of halogens is 4. The molecule has 1 saturated heterocycles. The van der Waals surface area contributed by atoms with Crippen molar-refractivity contribution < 1.29 is 13.2 Å². The number of rotatable bonds is 2. The van der Waals surface area contributed by atoms with Gasteiger partial charge in [-0.05, 0) is 50.6 Å². The van der Waals surface area contributed by atoms with Crippen molar-refractivity contribution in [2.45, 2.75) is 32.0 Å². The second-order valence-electron chi connectivity index (χ2n) is 5.08. The molecule has 1 aliphatic heterocycles. The molecule has 0 N–H and O–H groups in total. The first-order valence-electron chi connectivity index (χ1n) is 6.44. The fraction of sp³-hybridized carbons (Fsp3) is 0.571. The van der Waals surface area contributed by atoms with Gasteiger partial charge in [-0.2, -0.15) is 13.2 Å². The molecule has 0 bridgehead atoms. The van der Waals surface area contributed by atoms with Gasteiger partial charge in [-0.1, -0.05) is 28.1 Å². The highest BCUT2D eigenvalue weighted by molar-refractivity contribution is 9.10. The molecule has 1 aliphatic rings. The number of nitrogens with zero attached hydrogens (tertiary/aromatic N) is 1. The lowest BCUT2D eigenvalue weighted by molar-refractivity contribution is -0.186. The van der Waals surface area contributed by atoms with Crippen molar-refractivity contribution >= 4 is 15.9 Å². The van der Waals surface area contributed by atoms with E-state index in [-0.39, 0.29) is 18.9 Å². The molecule has 0 radical (unpaired) electrons. The zero-order valence-corrected chi connectivity index (χ0v) is 12.3. The van der Waals surface area contributed by atoms with Crippen molar-refractivity contribution in [3.8, 4) is 0 Å². The molecule has 2 rings (SSSR count). The number of benzene rings is 1. The summed E-state index contributed by atoms with van der Waals surface area (Å²) >= 11 is 3.42. The van der Waals surface area contributed by atoms with Crippen LogP contribution < -0.4 is 0 Å². The molecule has 0 saturated carbocycles. The third kappa shape index (κ3) is 3.72. The molecule has 106 valence electrons. The molecule has 1 heterocycles. The molecular formula is C14H17BrF3N. The molecule has 1 unspecified atom stereocenters. The van der Waals surface area contributed by atoms with E-state index in [0.29, 0.717) is 13.1 Å². The zero-order valence-electron chi connectivity index (χ0n) is 10.8. The highest BCUT2D eigenvalue weighted by Gasteiger charge is 2.41. The third-order valence-corrected chi connectivity index (χ3v) is 4.36. The summed E-state index contributed by atoms with van der Waals surface area (Å²) in [6, 6.07) is 8.11. The van der Waals surface area contributed by atoms with Crippen LogP contribution >= 0.6 is 15.9 Å². The topological polar surface area (TPSA) is 3.24 Å². The van der Waals surface area contributed by atoms with Crippen molar-refractivity contribution in [2.75, 3.05) is 13.1 Å². The van der Waals surface area contributed by atoms with E-state index >= 15 is 0 Å². The maximum Gasteiger partial charge on any atom is 0.391 e. The summed E-state index contributed by atoms with van der Waals surface area (Å²) in [4.78, 5) is 2.13. The van der Waals surface area contributed by atoms with Crippen LogP contribution in [0.15, 0.2) is 28.7 Å². The fourth-order valence-corrected chi connectivity index (χ4v) is 3.01. The lowest BCUT2D eigenvalue weighted by Crippen LogP contribution is -2.40. The summed E-state index contributed by atoms with van der Waals surface area (Å²) in [5, 5.41) is 0. The van der Waals surface area contributed by atoms with Crippen molar-refractivity contribution in [3.63, 3.8) is 0 Å². The van der Waals surface area contributed by atoms with Gasteiger partial charge < -0.3 is 0 Å². The number of hydrogen-bond donors (Lipinski definition) is 0. The molecular weight excluding hydrogens is 319 g/mol. The van der Waals surface area contributed by atoms with Crippen LogP contribution in [0.5, 0.6) is 0 Å². The molecule has 1 fully saturated rings. The Kier molecular flexibility index (Phi) is 4.56. The Morgan fingerprint density at radius 1 is 1.26 bits per heavy atom. The van der Waals surface area contributed by atoms with Crippen LogP contribution in [0.4, 0.5) is 13.2 Å². The van der Waals surface area contributed by atoms with E-state index in [1.165, 1.54) is 0 Å². The average Bonchev–Trinajstić information content (AvgIpc) is 2.37. The van der Waals surface area contributed by atoms with E-state index in [2.05, 4.69) is 27.8 Å². The van der Waals surface area contributed by atoms with Crippen LogP contribution in [0.2, 0.25) is 0 Å².